The molecule has 0 aliphatic heterocycles. The summed E-state index contributed by atoms with van der Waals surface area (Å²) in [5, 5.41) is 17.2. The van der Waals surface area contributed by atoms with Crippen molar-refractivity contribution in [2.45, 2.75) is 38.3 Å². The molecule has 2 unspecified atom stereocenters. The fourth-order valence-corrected chi connectivity index (χ4v) is 1.74. The van der Waals surface area contributed by atoms with E-state index in [-0.39, 0.29) is 5.88 Å². The van der Waals surface area contributed by atoms with Crippen LogP contribution in [0.5, 0.6) is 0 Å². The molecular formula is C16H25N3O6. The molecule has 1 heterocycles. The van der Waals surface area contributed by atoms with Gasteiger partial charge in [0.05, 0.1) is 6.26 Å². The van der Waals surface area contributed by atoms with Gasteiger partial charge in [-0.05, 0) is 38.5 Å². The maximum absolute atomic E-state index is 11.4. The Morgan fingerprint density at radius 3 is 2.36 bits per heavy atom. The maximum Gasteiger partial charge on any atom is 0.326 e. The van der Waals surface area contributed by atoms with Crippen LogP contribution in [-0.2, 0) is 14.4 Å². The number of hydrogen-bond donors (Lipinski definition) is 4. The summed E-state index contributed by atoms with van der Waals surface area (Å²) < 4.78 is 4.98. The Hall–Kier alpha value is -2.65. The summed E-state index contributed by atoms with van der Waals surface area (Å²) >= 11 is 0. The van der Waals surface area contributed by atoms with Gasteiger partial charge >= 0.3 is 11.9 Å². The van der Waals surface area contributed by atoms with Gasteiger partial charge in [-0.3, -0.25) is 14.5 Å². The molecule has 0 aliphatic rings. The molecule has 0 saturated carbocycles. The minimum Gasteiger partial charge on any atom is -0.480 e. The van der Waals surface area contributed by atoms with Crippen molar-refractivity contribution in [2.75, 3.05) is 11.4 Å². The van der Waals surface area contributed by atoms with Crippen molar-refractivity contribution in [2.24, 2.45) is 11.5 Å². The molecule has 1 rings (SSSR count). The van der Waals surface area contributed by atoms with Crippen LogP contribution in [0, 0.1) is 0 Å². The molecule has 140 valence electrons. The summed E-state index contributed by atoms with van der Waals surface area (Å²) in [5.74, 6) is -2.37. The molecule has 0 aliphatic carbocycles. The Morgan fingerprint density at radius 2 is 1.96 bits per heavy atom. The molecule has 2 atom stereocenters. The molecule has 9 nitrogen and oxygen atoms in total. The molecule has 25 heavy (non-hydrogen) atoms. The van der Waals surface area contributed by atoms with Crippen LogP contribution in [0.15, 0.2) is 35.5 Å². The van der Waals surface area contributed by atoms with E-state index in [1.54, 1.807) is 6.07 Å². The summed E-state index contributed by atoms with van der Waals surface area (Å²) in [7, 11) is 0. The standard InChI is InChI=1S/C10H11NO4.C6H14N2O2/c1-3-8(12)11(7(2)10(13)14)9-5-4-6-15-9;7-4-2-1-3-5(8)6(9)10/h3-7H,1H2,2H3,(H,13,14);5H,1-4,7-8H2,(H,9,10). The lowest BCUT2D eigenvalue weighted by atomic mass is 10.1. The van der Waals surface area contributed by atoms with Crippen LogP contribution >= 0.6 is 0 Å². The third-order valence-electron chi connectivity index (χ3n) is 3.19. The lowest BCUT2D eigenvalue weighted by molar-refractivity contribution is -0.139. The van der Waals surface area contributed by atoms with E-state index in [2.05, 4.69) is 6.58 Å². The van der Waals surface area contributed by atoms with Gasteiger partial charge in [-0.25, -0.2) is 4.79 Å². The topological polar surface area (TPSA) is 160 Å². The van der Waals surface area contributed by atoms with Crippen molar-refractivity contribution in [1.82, 2.24) is 0 Å². The van der Waals surface area contributed by atoms with E-state index in [1.807, 2.05) is 0 Å². The van der Waals surface area contributed by atoms with Gasteiger partial charge in [0.1, 0.15) is 12.1 Å². The number of rotatable bonds is 9. The summed E-state index contributed by atoms with van der Waals surface area (Å²) in [6.07, 6.45) is 4.58. The van der Waals surface area contributed by atoms with Crippen LogP contribution in [-0.4, -0.2) is 46.7 Å². The number of carboxylic acids is 2. The molecule has 0 aromatic carbocycles. The summed E-state index contributed by atoms with van der Waals surface area (Å²) in [4.78, 5) is 33.4. The number of carbonyl (C=O) groups excluding carboxylic acids is 1. The molecule has 1 aromatic rings. The number of nitrogens with two attached hydrogens (primary N) is 2. The SMILES string of the molecule is C=CC(=O)N(c1ccco1)C(C)C(=O)O.NCCCCC(N)C(=O)O. The molecule has 9 heteroatoms. The Morgan fingerprint density at radius 1 is 1.32 bits per heavy atom. The maximum atomic E-state index is 11.4. The first-order valence-electron chi connectivity index (χ1n) is 7.66. The van der Waals surface area contributed by atoms with Crippen molar-refractivity contribution < 1.29 is 29.0 Å². The predicted molar refractivity (Wildman–Crippen MR) is 92.0 cm³/mol. The number of hydrogen-bond acceptors (Lipinski definition) is 6. The van der Waals surface area contributed by atoms with Gasteiger partial charge in [0, 0.05) is 6.07 Å². The van der Waals surface area contributed by atoms with E-state index in [4.69, 9.17) is 26.1 Å². The Bertz CT molecular complexity index is 558. The summed E-state index contributed by atoms with van der Waals surface area (Å²) in [6, 6.07) is 1.38. The molecule has 0 radical (unpaired) electrons. The number of furan rings is 1. The number of aliphatic carboxylic acids is 2. The highest BCUT2D eigenvalue weighted by atomic mass is 16.4. The van der Waals surface area contributed by atoms with Crippen LogP contribution in [0.25, 0.3) is 0 Å². The van der Waals surface area contributed by atoms with Crippen LogP contribution < -0.4 is 16.4 Å². The zero-order valence-corrected chi connectivity index (χ0v) is 14.1. The quantitative estimate of drug-likeness (QED) is 0.373. The Labute approximate surface area is 145 Å². The number of carboxylic acid groups (broad SMARTS) is 2. The van der Waals surface area contributed by atoms with E-state index in [0.717, 1.165) is 23.8 Å². The number of carbonyl (C=O) groups is 3. The third kappa shape index (κ3) is 8.13. The number of unbranched alkanes of at least 4 members (excludes halogenated alkanes) is 1. The molecule has 1 amide bonds. The number of amides is 1. The fourth-order valence-electron chi connectivity index (χ4n) is 1.74. The monoisotopic (exact) mass is 355 g/mol. The molecule has 0 fully saturated rings. The molecule has 0 bridgehead atoms. The Kier molecular flexibility index (Phi) is 10.6. The van der Waals surface area contributed by atoms with Gasteiger partial charge in [-0.2, -0.15) is 0 Å². The second-order valence-electron chi connectivity index (χ2n) is 5.11. The van der Waals surface area contributed by atoms with Crippen LogP contribution in [0.1, 0.15) is 26.2 Å². The van der Waals surface area contributed by atoms with Gasteiger partial charge in [0.25, 0.3) is 5.91 Å². The second kappa shape index (κ2) is 11.8. The summed E-state index contributed by atoms with van der Waals surface area (Å²) in [6.45, 7) is 5.31. The fraction of sp³-hybridized carbons (Fsp3) is 0.438. The molecule has 1 aromatic heterocycles. The van der Waals surface area contributed by atoms with Crippen molar-refractivity contribution >= 4 is 23.7 Å². The molecular weight excluding hydrogens is 330 g/mol. The average Bonchev–Trinajstić information content (AvgIpc) is 3.09. The minimum absolute atomic E-state index is 0.190. The number of anilines is 1. The second-order valence-corrected chi connectivity index (χ2v) is 5.11. The lowest BCUT2D eigenvalue weighted by Crippen LogP contribution is -2.42. The highest BCUT2D eigenvalue weighted by Gasteiger charge is 2.27. The van der Waals surface area contributed by atoms with Gasteiger partial charge in [-0.15, -0.1) is 0 Å². The van der Waals surface area contributed by atoms with Crippen molar-refractivity contribution in [3.05, 3.63) is 31.1 Å². The first kappa shape index (κ1) is 22.4. The smallest absolute Gasteiger partial charge is 0.326 e. The lowest BCUT2D eigenvalue weighted by Gasteiger charge is -2.22. The predicted octanol–water partition coefficient (Wildman–Crippen LogP) is 0.799. The highest BCUT2D eigenvalue weighted by Crippen LogP contribution is 2.18. The first-order chi connectivity index (χ1) is 11.8. The van der Waals surface area contributed by atoms with Crippen molar-refractivity contribution in [1.29, 1.82) is 0 Å². The van der Waals surface area contributed by atoms with Gasteiger partial charge in [0.15, 0.2) is 0 Å². The Balaban J connectivity index is 0.000000504. The van der Waals surface area contributed by atoms with E-state index < -0.39 is 29.9 Å². The van der Waals surface area contributed by atoms with E-state index >= 15 is 0 Å². The van der Waals surface area contributed by atoms with E-state index in [1.165, 1.54) is 19.3 Å². The van der Waals surface area contributed by atoms with Crippen LogP contribution in [0.3, 0.4) is 0 Å². The van der Waals surface area contributed by atoms with Crippen molar-refractivity contribution in [3.63, 3.8) is 0 Å². The summed E-state index contributed by atoms with van der Waals surface area (Å²) in [5.41, 5.74) is 10.4. The van der Waals surface area contributed by atoms with Crippen LogP contribution in [0.4, 0.5) is 5.88 Å². The highest BCUT2D eigenvalue weighted by molar-refractivity contribution is 6.03. The largest absolute Gasteiger partial charge is 0.480 e. The van der Waals surface area contributed by atoms with Crippen LogP contribution in [0.2, 0.25) is 0 Å². The normalized spacial score (nSPS) is 12.3. The van der Waals surface area contributed by atoms with Crippen molar-refractivity contribution in [3.8, 4) is 0 Å². The molecule has 0 saturated heterocycles. The van der Waals surface area contributed by atoms with E-state index in [0.29, 0.717) is 13.0 Å². The zero-order valence-electron chi connectivity index (χ0n) is 14.1. The van der Waals surface area contributed by atoms with Gasteiger partial charge in [0.2, 0.25) is 5.88 Å². The molecule has 0 spiro atoms. The first-order valence-corrected chi connectivity index (χ1v) is 7.66. The van der Waals surface area contributed by atoms with E-state index in [9.17, 15) is 14.4 Å². The average molecular weight is 355 g/mol. The minimum atomic E-state index is -1.11. The number of nitrogens with zero attached hydrogens (tertiary/aromatic N) is 1. The third-order valence-corrected chi connectivity index (χ3v) is 3.19. The molecule has 6 N–H and O–H groups in total. The zero-order chi connectivity index (χ0) is 19.4. The van der Waals surface area contributed by atoms with Gasteiger partial charge < -0.3 is 26.1 Å². The van der Waals surface area contributed by atoms with Gasteiger partial charge in [-0.1, -0.05) is 13.0 Å².